The van der Waals surface area contributed by atoms with Crippen molar-refractivity contribution in [3.8, 4) is 11.5 Å². The monoisotopic (exact) mass is 277 g/mol. The highest BCUT2D eigenvalue weighted by Crippen LogP contribution is 2.33. The minimum atomic E-state index is 0.200. The van der Waals surface area contributed by atoms with E-state index < -0.39 is 0 Å². The average molecular weight is 277 g/mol. The maximum absolute atomic E-state index is 6.02. The molecule has 1 saturated carbocycles. The Labute approximate surface area is 120 Å². The summed E-state index contributed by atoms with van der Waals surface area (Å²) < 4.78 is 17.2. The molecule has 0 saturated heterocycles. The molecule has 110 valence electrons. The van der Waals surface area contributed by atoms with Gasteiger partial charge in [-0.1, -0.05) is 18.9 Å². The standard InChI is InChI=1S/C16H23NO3/c1-17-14(11-20-13-4-2-3-5-13)12-6-7-15-16(10-12)19-9-8-18-15/h6-7,10,13-14,17H,2-5,8-9,11H2,1H3. The number of rotatable bonds is 5. The summed E-state index contributed by atoms with van der Waals surface area (Å²) in [6.45, 7) is 1.96. The Bertz CT molecular complexity index is 443. The number of hydrogen-bond donors (Lipinski definition) is 1. The highest BCUT2D eigenvalue weighted by Gasteiger charge is 2.20. The van der Waals surface area contributed by atoms with Crippen molar-refractivity contribution >= 4 is 0 Å². The van der Waals surface area contributed by atoms with Crippen LogP contribution in [0.25, 0.3) is 0 Å². The molecule has 4 heteroatoms. The summed E-state index contributed by atoms with van der Waals surface area (Å²) in [5.41, 5.74) is 1.19. The van der Waals surface area contributed by atoms with Crippen LogP contribution >= 0.6 is 0 Å². The molecule has 0 spiro atoms. The van der Waals surface area contributed by atoms with Crippen LogP contribution in [0.5, 0.6) is 11.5 Å². The van der Waals surface area contributed by atoms with Crippen molar-refractivity contribution in [1.82, 2.24) is 5.32 Å². The van der Waals surface area contributed by atoms with Crippen molar-refractivity contribution < 1.29 is 14.2 Å². The summed E-state index contributed by atoms with van der Waals surface area (Å²) in [5, 5.41) is 3.33. The second-order valence-corrected chi connectivity index (χ2v) is 5.48. The van der Waals surface area contributed by atoms with Crippen molar-refractivity contribution in [2.24, 2.45) is 0 Å². The molecular formula is C16H23NO3. The molecule has 20 heavy (non-hydrogen) atoms. The normalized spacial score (nSPS) is 20.1. The quantitative estimate of drug-likeness (QED) is 0.898. The smallest absolute Gasteiger partial charge is 0.161 e. The van der Waals surface area contributed by atoms with Crippen LogP contribution in [0.4, 0.5) is 0 Å². The molecule has 1 N–H and O–H groups in total. The first-order valence-corrected chi connectivity index (χ1v) is 7.55. The van der Waals surface area contributed by atoms with E-state index in [0.29, 0.717) is 25.9 Å². The minimum absolute atomic E-state index is 0.200. The summed E-state index contributed by atoms with van der Waals surface area (Å²) in [7, 11) is 1.97. The number of likely N-dealkylation sites (N-methyl/N-ethyl adjacent to an activating group) is 1. The molecule has 0 bridgehead atoms. The van der Waals surface area contributed by atoms with E-state index in [2.05, 4.69) is 17.4 Å². The second kappa shape index (κ2) is 6.46. The van der Waals surface area contributed by atoms with Crippen molar-refractivity contribution in [2.45, 2.75) is 37.8 Å². The summed E-state index contributed by atoms with van der Waals surface area (Å²) in [6.07, 6.45) is 5.47. The zero-order valence-corrected chi connectivity index (χ0v) is 12.1. The molecule has 4 nitrogen and oxygen atoms in total. The highest BCUT2D eigenvalue weighted by atomic mass is 16.6. The number of benzene rings is 1. The molecule has 0 aromatic heterocycles. The maximum atomic E-state index is 6.02. The summed E-state index contributed by atoms with van der Waals surface area (Å²) in [4.78, 5) is 0. The molecule has 0 amide bonds. The van der Waals surface area contributed by atoms with Gasteiger partial charge in [0.2, 0.25) is 0 Å². The summed E-state index contributed by atoms with van der Waals surface area (Å²) >= 11 is 0. The zero-order valence-electron chi connectivity index (χ0n) is 12.1. The largest absolute Gasteiger partial charge is 0.486 e. The van der Waals surface area contributed by atoms with Crippen LogP contribution in [-0.2, 0) is 4.74 Å². The van der Waals surface area contributed by atoms with Crippen LogP contribution in [0.1, 0.15) is 37.3 Å². The first-order valence-electron chi connectivity index (χ1n) is 7.55. The SMILES string of the molecule is CNC(COC1CCCC1)c1ccc2c(c1)OCCO2. The lowest BCUT2D eigenvalue weighted by Gasteiger charge is -2.23. The van der Waals surface area contributed by atoms with Gasteiger partial charge in [0.1, 0.15) is 13.2 Å². The Morgan fingerprint density at radius 2 is 1.95 bits per heavy atom. The van der Waals surface area contributed by atoms with Gasteiger partial charge in [-0.05, 0) is 37.6 Å². The van der Waals surface area contributed by atoms with Crippen LogP contribution in [0.2, 0.25) is 0 Å². The van der Waals surface area contributed by atoms with Crippen molar-refractivity contribution in [2.75, 3.05) is 26.9 Å². The van der Waals surface area contributed by atoms with E-state index in [0.717, 1.165) is 11.5 Å². The lowest BCUT2D eigenvalue weighted by Crippen LogP contribution is -2.24. The third-order valence-corrected chi connectivity index (χ3v) is 4.12. The van der Waals surface area contributed by atoms with Crippen molar-refractivity contribution in [3.05, 3.63) is 23.8 Å². The maximum Gasteiger partial charge on any atom is 0.161 e. The number of ether oxygens (including phenoxy) is 3. The lowest BCUT2D eigenvalue weighted by molar-refractivity contribution is 0.0438. The van der Waals surface area contributed by atoms with E-state index >= 15 is 0 Å². The summed E-state index contributed by atoms with van der Waals surface area (Å²) in [5.74, 6) is 1.68. The second-order valence-electron chi connectivity index (χ2n) is 5.48. The van der Waals surface area contributed by atoms with Gasteiger partial charge in [-0.2, -0.15) is 0 Å². The van der Waals surface area contributed by atoms with Crippen LogP contribution in [0.15, 0.2) is 18.2 Å². The third kappa shape index (κ3) is 3.07. The fourth-order valence-corrected chi connectivity index (χ4v) is 2.91. The van der Waals surface area contributed by atoms with Crippen LogP contribution < -0.4 is 14.8 Å². The van der Waals surface area contributed by atoms with Crippen LogP contribution in [-0.4, -0.2) is 33.0 Å². The van der Waals surface area contributed by atoms with Gasteiger partial charge in [0, 0.05) is 0 Å². The fourth-order valence-electron chi connectivity index (χ4n) is 2.91. The van der Waals surface area contributed by atoms with Gasteiger partial charge in [0.05, 0.1) is 18.8 Å². The van der Waals surface area contributed by atoms with Crippen LogP contribution in [0.3, 0.4) is 0 Å². The van der Waals surface area contributed by atoms with E-state index in [9.17, 15) is 0 Å². The average Bonchev–Trinajstić information content (AvgIpc) is 3.01. The molecule has 1 fully saturated rings. The topological polar surface area (TPSA) is 39.7 Å². The first-order chi connectivity index (χ1) is 9.86. The van der Waals surface area contributed by atoms with Crippen LogP contribution in [0, 0.1) is 0 Å². The molecule has 3 rings (SSSR count). The Balaban J connectivity index is 1.65. The predicted octanol–water partition coefficient (Wildman–Crippen LogP) is 2.68. The molecule has 2 aliphatic rings. The van der Waals surface area contributed by atoms with Gasteiger partial charge >= 0.3 is 0 Å². The van der Waals surface area contributed by atoms with E-state index in [1.54, 1.807) is 0 Å². The molecule has 1 aliphatic carbocycles. The lowest BCUT2D eigenvalue weighted by atomic mass is 10.1. The van der Waals surface area contributed by atoms with E-state index in [4.69, 9.17) is 14.2 Å². The zero-order chi connectivity index (χ0) is 13.8. The molecule has 1 unspecified atom stereocenters. The van der Waals surface area contributed by atoms with Gasteiger partial charge in [0.25, 0.3) is 0 Å². The number of fused-ring (bicyclic) bond motifs is 1. The predicted molar refractivity (Wildman–Crippen MR) is 77.4 cm³/mol. The van der Waals surface area contributed by atoms with Gasteiger partial charge in [-0.3, -0.25) is 0 Å². The molecular weight excluding hydrogens is 254 g/mol. The Morgan fingerprint density at radius 1 is 1.20 bits per heavy atom. The summed E-state index contributed by atoms with van der Waals surface area (Å²) in [6, 6.07) is 6.34. The van der Waals surface area contributed by atoms with Gasteiger partial charge in [-0.25, -0.2) is 0 Å². The highest BCUT2D eigenvalue weighted by molar-refractivity contribution is 5.44. The Kier molecular flexibility index (Phi) is 4.43. The number of nitrogens with one attached hydrogen (secondary N) is 1. The van der Waals surface area contributed by atoms with E-state index in [-0.39, 0.29) is 6.04 Å². The van der Waals surface area contributed by atoms with Gasteiger partial charge in [-0.15, -0.1) is 0 Å². The van der Waals surface area contributed by atoms with Crippen molar-refractivity contribution in [1.29, 1.82) is 0 Å². The van der Waals surface area contributed by atoms with E-state index in [1.165, 1.54) is 31.2 Å². The number of hydrogen-bond acceptors (Lipinski definition) is 4. The molecule has 1 atom stereocenters. The fraction of sp³-hybridized carbons (Fsp3) is 0.625. The first kappa shape index (κ1) is 13.7. The van der Waals surface area contributed by atoms with Gasteiger partial charge < -0.3 is 19.5 Å². The van der Waals surface area contributed by atoms with E-state index in [1.807, 2.05) is 13.1 Å². The third-order valence-electron chi connectivity index (χ3n) is 4.12. The Morgan fingerprint density at radius 3 is 2.70 bits per heavy atom. The Hall–Kier alpha value is -1.26. The molecule has 1 aromatic rings. The molecule has 1 aliphatic heterocycles. The minimum Gasteiger partial charge on any atom is -0.486 e. The molecule has 0 radical (unpaired) electrons. The molecule has 1 heterocycles. The van der Waals surface area contributed by atoms with Gasteiger partial charge in [0.15, 0.2) is 11.5 Å². The molecule has 1 aromatic carbocycles. The van der Waals surface area contributed by atoms with Crippen molar-refractivity contribution in [3.63, 3.8) is 0 Å².